The molecule has 1 amide bonds. The van der Waals surface area contributed by atoms with Crippen molar-refractivity contribution in [2.75, 3.05) is 13.1 Å². The average molecular weight is 327 g/mol. The summed E-state index contributed by atoms with van der Waals surface area (Å²) in [6.07, 6.45) is 0. The summed E-state index contributed by atoms with van der Waals surface area (Å²) in [4.78, 5) is 11.3. The van der Waals surface area contributed by atoms with Crippen LogP contribution in [0, 0.1) is 3.57 Å². The van der Waals surface area contributed by atoms with E-state index in [2.05, 4.69) is 27.9 Å². The summed E-state index contributed by atoms with van der Waals surface area (Å²) in [5.41, 5.74) is 5.94. The Balaban J connectivity index is 0.00000169. The van der Waals surface area contributed by atoms with Crippen LogP contribution in [0.4, 0.5) is 0 Å². The quantitative estimate of drug-likeness (QED) is 0.825. The fourth-order valence-electron chi connectivity index (χ4n) is 0.889. The Bertz CT molecular complexity index is 289. The van der Waals surface area contributed by atoms with E-state index in [1.807, 2.05) is 12.1 Å². The molecule has 3 N–H and O–H groups in total. The summed E-state index contributed by atoms with van der Waals surface area (Å²) < 4.78 is 1.12. The lowest BCUT2D eigenvalue weighted by molar-refractivity contribution is 0.0955. The van der Waals surface area contributed by atoms with Crippen molar-refractivity contribution in [1.82, 2.24) is 5.32 Å². The first kappa shape index (κ1) is 13.7. The van der Waals surface area contributed by atoms with Crippen LogP contribution in [0.2, 0.25) is 0 Å². The van der Waals surface area contributed by atoms with Gasteiger partial charge in [-0.2, -0.15) is 0 Å². The third-order valence-corrected chi connectivity index (χ3v) is 2.26. The number of amides is 1. The lowest BCUT2D eigenvalue weighted by Crippen LogP contribution is -2.28. The Kier molecular flexibility index (Phi) is 6.86. The van der Waals surface area contributed by atoms with E-state index in [0.29, 0.717) is 18.7 Å². The molecule has 78 valence electrons. The van der Waals surface area contributed by atoms with Gasteiger partial charge in [-0.3, -0.25) is 4.79 Å². The van der Waals surface area contributed by atoms with E-state index in [1.165, 1.54) is 0 Å². The predicted octanol–water partition coefficient (Wildman–Crippen LogP) is 1.40. The molecule has 0 heterocycles. The van der Waals surface area contributed by atoms with Crippen LogP contribution in [0.1, 0.15) is 10.4 Å². The van der Waals surface area contributed by atoms with Gasteiger partial charge in [0.2, 0.25) is 0 Å². The van der Waals surface area contributed by atoms with E-state index in [0.717, 1.165) is 3.57 Å². The van der Waals surface area contributed by atoms with Crippen LogP contribution in [-0.2, 0) is 0 Å². The van der Waals surface area contributed by atoms with Gasteiger partial charge in [-0.15, -0.1) is 12.4 Å². The molecule has 14 heavy (non-hydrogen) atoms. The standard InChI is InChI=1S/C9H11IN2O.ClH/c10-8-3-1-7(2-4-8)9(13)12-6-5-11;/h1-4H,5-6,11H2,(H,12,13);1H. The molecular formula is C9H12ClIN2O. The van der Waals surface area contributed by atoms with Gasteiger partial charge in [-0.05, 0) is 46.9 Å². The Morgan fingerprint density at radius 2 is 1.93 bits per heavy atom. The smallest absolute Gasteiger partial charge is 0.251 e. The molecule has 0 saturated carbocycles. The molecule has 0 aliphatic rings. The number of rotatable bonds is 3. The maximum Gasteiger partial charge on any atom is 0.251 e. The SMILES string of the molecule is Cl.NCCNC(=O)c1ccc(I)cc1. The van der Waals surface area contributed by atoms with Crippen LogP contribution in [0.5, 0.6) is 0 Å². The number of nitrogens with one attached hydrogen (secondary N) is 1. The highest BCUT2D eigenvalue weighted by Gasteiger charge is 2.02. The monoisotopic (exact) mass is 326 g/mol. The molecule has 0 aromatic heterocycles. The van der Waals surface area contributed by atoms with Crippen molar-refractivity contribution in [2.24, 2.45) is 5.73 Å². The van der Waals surface area contributed by atoms with E-state index in [9.17, 15) is 4.79 Å². The third kappa shape index (κ3) is 4.26. The number of benzene rings is 1. The minimum absolute atomic E-state index is 0. The molecule has 0 saturated heterocycles. The molecule has 0 spiro atoms. The second-order valence-corrected chi connectivity index (χ2v) is 3.80. The number of halogens is 2. The Hall–Kier alpha value is -0.330. The molecule has 1 aromatic carbocycles. The summed E-state index contributed by atoms with van der Waals surface area (Å²) in [5, 5.41) is 2.70. The minimum atomic E-state index is -0.0677. The highest BCUT2D eigenvalue weighted by Crippen LogP contribution is 2.06. The normalized spacial score (nSPS) is 9.00. The number of carbonyl (C=O) groups is 1. The Morgan fingerprint density at radius 3 is 2.43 bits per heavy atom. The van der Waals surface area contributed by atoms with Crippen molar-refractivity contribution in [3.05, 3.63) is 33.4 Å². The van der Waals surface area contributed by atoms with Gasteiger partial charge >= 0.3 is 0 Å². The van der Waals surface area contributed by atoms with Gasteiger partial charge in [0.25, 0.3) is 5.91 Å². The molecular weight excluding hydrogens is 314 g/mol. The number of nitrogens with two attached hydrogens (primary N) is 1. The summed E-state index contributed by atoms with van der Waals surface area (Å²) >= 11 is 2.20. The Morgan fingerprint density at radius 1 is 1.36 bits per heavy atom. The molecule has 0 aliphatic heterocycles. The number of hydrogen-bond donors (Lipinski definition) is 2. The maximum absolute atomic E-state index is 11.3. The lowest BCUT2D eigenvalue weighted by atomic mass is 10.2. The van der Waals surface area contributed by atoms with Crippen LogP contribution in [0.25, 0.3) is 0 Å². The molecule has 0 unspecified atom stereocenters. The van der Waals surface area contributed by atoms with Crippen LogP contribution < -0.4 is 11.1 Å². The van der Waals surface area contributed by atoms with Gasteiger partial charge in [0.15, 0.2) is 0 Å². The van der Waals surface area contributed by atoms with Crippen LogP contribution in [0.3, 0.4) is 0 Å². The molecule has 0 aliphatic carbocycles. The predicted molar refractivity (Wildman–Crippen MR) is 67.8 cm³/mol. The van der Waals surface area contributed by atoms with Crippen molar-refractivity contribution in [3.8, 4) is 0 Å². The molecule has 0 bridgehead atoms. The second kappa shape index (κ2) is 7.03. The molecule has 1 aromatic rings. The number of carbonyl (C=O) groups excluding carboxylic acids is 1. The second-order valence-electron chi connectivity index (χ2n) is 2.55. The zero-order chi connectivity index (χ0) is 9.68. The molecule has 5 heteroatoms. The highest BCUT2D eigenvalue weighted by atomic mass is 127. The molecule has 0 radical (unpaired) electrons. The first-order valence-corrected chi connectivity index (χ1v) is 5.06. The van der Waals surface area contributed by atoms with E-state index in [1.54, 1.807) is 12.1 Å². The van der Waals surface area contributed by atoms with Gasteiger partial charge in [0.1, 0.15) is 0 Å². The average Bonchev–Trinajstić information content (AvgIpc) is 2.15. The van der Waals surface area contributed by atoms with Crippen molar-refractivity contribution in [2.45, 2.75) is 0 Å². The zero-order valence-corrected chi connectivity index (χ0v) is 10.5. The van der Waals surface area contributed by atoms with Crippen LogP contribution in [-0.4, -0.2) is 19.0 Å². The topological polar surface area (TPSA) is 55.1 Å². The van der Waals surface area contributed by atoms with Gasteiger partial charge < -0.3 is 11.1 Å². The molecule has 0 atom stereocenters. The third-order valence-electron chi connectivity index (χ3n) is 1.54. The lowest BCUT2D eigenvalue weighted by Gasteiger charge is -2.02. The van der Waals surface area contributed by atoms with Crippen LogP contribution >= 0.6 is 35.0 Å². The first-order valence-electron chi connectivity index (χ1n) is 3.98. The summed E-state index contributed by atoms with van der Waals surface area (Å²) in [6.45, 7) is 0.987. The van der Waals surface area contributed by atoms with Crippen molar-refractivity contribution in [3.63, 3.8) is 0 Å². The van der Waals surface area contributed by atoms with Gasteiger partial charge in [0, 0.05) is 22.2 Å². The fourth-order valence-corrected chi connectivity index (χ4v) is 1.25. The maximum atomic E-state index is 11.3. The van der Waals surface area contributed by atoms with Crippen molar-refractivity contribution < 1.29 is 4.79 Å². The molecule has 0 fully saturated rings. The molecule has 1 rings (SSSR count). The van der Waals surface area contributed by atoms with Crippen LogP contribution in [0.15, 0.2) is 24.3 Å². The van der Waals surface area contributed by atoms with Gasteiger partial charge in [-0.1, -0.05) is 0 Å². The number of hydrogen-bond acceptors (Lipinski definition) is 2. The van der Waals surface area contributed by atoms with E-state index in [4.69, 9.17) is 5.73 Å². The van der Waals surface area contributed by atoms with Crippen molar-refractivity contribution in [1.29, 1.82) is 0 Å². The summed E-state index contributed by atoms with van der Waals surface area (Å²) in [5.74, 6) is -0.0677. The van der Waals surface area contributed by atoms with Gasteiger partial charge in [-0.25, -0.2) is 0 Å². The Labute approximate surface area is 103 Å². The minimum Gasteiger partial charge on any atom is -0.351 e. The van der Waals surface area contributed by atoms with E-state index < -0.39 is 0 Å². The molecule has 3 nitrogen and oxygen atoms in total. The summed E-state index contributed by atoms with van der Waals surface area (Å²) in [7, 11) is 0. The fraction of sp³-hybridized carbons (Fsp3) is 0.222. The van der Waals surface area contributed by atoms with Crippen molar-refractivity contribution >= 4 is 40.9 Å². The first-order chi connectivity index (χ1) is 6.24. The zero-order valence-electron chi connectivity index (χ0n) is 7.50. The largest absolute Gasteiger partial charge is 0.351 e. The van der Waals surface area contributed by atoms with E-state index >= 15 is 0 Å². The highest BCUT2D eigenvalue weighted by molar-refractivity contribution is 14.1. The van der Waals surface area contributed by atoms with E-state index in [-0.39, 0.29) is 18.3 Å². The van der Waals surface area contributed by atoms with Gasteiger partial charge in [0.05, 0.1) is 0 Å². The summed E-state index contributed by atoms with van der Waals surface area (Å²) in [6, 6.07) is 7.40.